The molecule has 1 aromatic rings. The molecule has 5 rings (SSSR count). The van der Waals surface area contributed by atoms with Crippen molar-refractivity contribution < 1.29 is 9.47 Å². The molecule has 6 nitrogen and oxygen atoms in total. The van der Waals surface area contributed by atoms with Crippen LogP contribution in [0.3, 0.4) is 0 Å². The monoisotopic (exact) mass is 438 g/mol. The maximum Gasteiger partial charge on any atom is 0.187 e. The van der Waals surface area contributed by atoms with Crippen LogP contribution in [0.4, 0.5) is 0 Å². The summed E-state index contributed by atoms with van der Waals surface area (Å²) in [5.74, 6) is 0.766. The van der Waals surface area contributed by atoms with E-state index < -0.39 is 0 Å². The van der Waals surface area contributed by atoms with Gasteiger partial charge in [0.2, 0.25) is 0 Å². The van der Waals surface area contributed by atoms with Crippen molar-refractivity contribution in [2.75, 3.05) is 39.3 Å². The second-order valence-electron chi connectivity index (χ2n) is 10.2. The second-order valence-corrected chi connectivity index (χ2v) is 10.2. The summed E-state index contributed by atoms with van der Waals surface area (Å²) in [6.07, 6.45) is 17.8. The fourth-order valence-corrected chi connectivity index (χ4v) is 6.12. The van der Waals surface area contributed by atoms with Crippen LogP contribution in [0.1, 0.15) is 63.9 Å². The first-order valence-corrected chi connectivity index (χ1v) is 12.6. The number of rotatable bonds is 6. The summed E-state index contributed by atoms with van der Waals surface area (Å²) in [4.78, 5) is 13.7. The quantitative estimate of drug-likeness (QED) is 0.662. The molecule has 0 aromatic carbocycles. The number of piperidine rings is 1. The molecule has 1 unspecified atom stereocenters. The van der Waals surface area contributed by atoms with Crippen molar-refractivity contribution in [3.63, 3.8) is 0 Å². The predicted octanol–water partition coefficient (Wildman–Crippen LogP) is 4.33. The van der Waals surface area contributed by atoms with Gasteiger partial charge in [-0.25, -0.2) is 4.99 Å². The summed E-state index contributed by atoms with van der Waals surface area (Å²) in [6, 6.07) is 4.28. The first-order chi connectivity index (χ1) is 15.7. The highest BCUT2D eigenvalue weighted by molar-refractivity contribution is 5.74. The third-order valence-corrected chi connectivity index (χ3v) is 8.31. The lowest BCUT2D eigenvalue weighted by molar-refractivity contribution is -0.114. The van der Waals surface area contributed by atoms with Crippen LogP contribution < -0.4 is 0 Å². The standard InChI is InChI=1S/C26H38N4O2/c1-22-28-14-6-24(32-22)30-17-11-25(12-18-30)7-9-26(10-8-25,23-5-4-13-27-21-23)31-20-19-29-15-2-3-16-29/h4-6,13-14,21,24H,2-3,7-12,15-20H2,1H3. The first-order valence-electron chi connectivity index (χ1n) is 12.6. The lowest BCUT2D eigenvalue weighted by Crippen LogP contribution is -2.49. The molecule has 1 atom stereocenters. The zero-order valence-corrected chi connectivity index (χ0v) is 19.5. The van der Waals surface area contributed by atoms with Crippen LogP contribution in [-0.2, 0) is 15.1 Å². The van der Waals surface area contributed by atoms with Crippen LogP contribution >= 0.6 is 0 Å². The Morgan fingerprint density at radius 3 is 2.53 bits per heavy atom. The van der Waals surface area contributed by atoms with Crippen LogP contribution in [0.2, 0.25) is 0 Å². The summed E-state index contributed by atoms with van der Waals surface area (Å²) in [5.41, 5.74) is 1.55. The molecule has 0 radical (unpaired) electrons. The molecular formula is C26H38N4O2. The molecular weight excluding hydrogens is 400 g/mol. The zero-order valence-electron chi connectivity index (χ0n) is 19.5. The minimum absolute atomic E-state index is 0.0526. The van der Waals surface area contributed by atoms with Gasteiger partial charge in [-0.15, -0.1) is 0 Å². The number of hydrogen-bond donors (Lipinski definition) is 0. The van der Waals surface area contributed by atoms with Gasteiger partial charge in [-0.2, -0.15) is 0 Å². The van der Waals surface area contributed by atoms with Crippen molar-refractivity contribution in [2.45, 2.75) is 70.1 Å². The van der Waals surface area contributed by atoms with Gasteiger partial charge in [0, 0.05) is 50.7 Å². The second kappa shape index (κ2) is 9.62. The summed E-state index contributed by atoms with van der Waals surface area (Å²) >= 11 is 0. The summed E-state index contributed by atoms with van der Waals surface area (Å²) in [7, 11) is 0. The predicted molar refractivity (Wildman–Crippen MR) is 126 cm³/mol. The van der Waals surface area contributed by atoms with Crippen molar-refractivity contribution in [1.29, 1.82) is 0 Å². The number of aliphatic imine (C=N–C) groups is 1. The smallest absolute Gasteiger partial charge is 0.187 e. The normalized spacial score (nSPS) is 27.9. The van der Waals surface area contributed by atoms with Gasteiger partial charge in [0.05, 0.1) is 12.2 Å². The van der Waals surface area contributed by atoms with Gasteiger partial charge in [-0.3, -0.25) is 9.88 Å². The topological polar surface area (TPSA) is 50.2 Å². The molecule has 0 bridgehead atoms. The van der Waals surface area contributed by atoms with Gasteiger partial charge >= 0.3 is 0 Å². The van der Waals surface area contributed by atoms with Gasteiger partial charge in [-0.05, 0) is 82.0 Å². The molecule has 0 N–H and O–H groups in total. The number of hydrogen-bond acceptors (Lipinski definition) is 6. The molecule has 1 aliphatic carbocycles. The molecule has 4 heterocycles. The van der Waals surface area contributed by atoms with Crippen molar-refractivity contribution in [3.05, 3.63) is 42.4 Å². The number of aromatic nitrogens is 1. The van der Waals surface area contributed by atoms with Crippen molar-refractivity contribution >= 4 is 5.90 Å². The van der Waals surface area contributed by atoms with Gasteiger partial charge in [0.25, 0.3) is 0 Å². The van der Waals surface area contributed by atoms with Crippen LogP contribution in [0, 0.1) is 5.41 Å². The van der Waals surface area contributed by atoms with E-state index in [0.717, 1.165) is 45.0 Å². The summed E-state index contributed by atoms with van der Waals surface area (Å²) in [6.45, 7) is 8.46. The minimum Gasteiger partial charge on any atom is -0.459 e. The molecule has 0 amide bonds. The Morgan fingerprint density at radius 1 is 1.06 bits per heavy atom. The molecule has 1 spiro atoms. The Morgan fingerprint density at radius 2 is 1.84 bits per heavy atom. The van der Waals surface area contributed by atoms with Crippen molar-refractivity contribution in [2.24, 2.45) is 10.4 Å². The highest BCUT2D eigenvalue weighted by Gasteiger charge is 2.46. The zero-order chi connectivity index (χ0) is 21.9. The SMILES string of the molecule is CC1=NC=CC(N2CCC3(CC2)CCC(OCCN2CCCC2)(c2cccnc2)CC3)O1. The fourth-order valence-electron chi connectivity index (χ4n) is 6.12. The maximum absolute atomic E-state index is 6.75. The Bertz CT molecular complexity index is 800. The number of likely N-dealkylation sites (tertiary alicyclic amines) is 2. The van der Waals surface area contributed by atoms with Crippen molar-refractivity contribution in [1.82, 2.24) is 14.8 Å². The molecule has 1 saturated carbocycles. The van der Waals surface area contributed by atoms with Crippen LogP contribution in [0.25, 0.3) is 0 Å². The maximum atomic E-state index is 6.75. The Labute approximate surface area is 192 Å². The number of pyridine rings is 1. The number of ether oxygens (including phenoxy) is 2. The van der Waals surface area contributed by atoms with Gasteiger partial charge in [0.15, 0.2) is 12.1 Å². The van der Waals surface area contributed by atoms with E-state index in [1.807, 2.05) is 25.5 Å². The molecule has 1 aromatic heterocycles. The third kappa shape index (κ3) is 4.78. The highest BCUT2D eigenvalue weighted by atomic mass is 16.5. The van der Waals surface area contributed by atoms with E-state index in [9.17, 15) is 0 Å². The molecule has 2 saturated heterocycles. The lowest BCUT2D eigenvalue weighted by atomic mass is 9.63. The Kier molecular flexibility index (Phi) is 6.63. The molecule has 32 heavy (non-hydrogen) atoms. The van der Waals surface area contributed by atoms with E-state index in [1.165, 1.54) is 57.2 Å². The molecule has 3 fully saturated rings. The highest BCUT2D eigenvalue weighted by Crippen LogP contribution is 2.52. The average Bonchev–Trinajstić information content (AvgIpc) is 3.35. The molecule has 4 aliphatic rings. The average molecular weight is 439 g/mol. The Balaban J connectivity index is 1.20. The summed E-state index contributed by atoms with van der Waals surface area (Å²) < 4.78 is 12.7. The largest absolute Gasteiger partial charge is 0.459 e. The van der Waals surface area contributed by atoms with E-state index in [2.05, 4.69) is 38.0 Å². The lowest BCUT2D eigenvalue weighted by Gasteiger charge is -2.50. The van der Waals surface area contributed by atoms with E-state index in [-0.39, 0.29) is 11.8 Å². The van der Waals surface area contributed by atoms with Gasteiger partial charge in [0.1, 0.15) is 0 Å². The van der Waals surface area contributed by atoms with Crippen LogP contribution in [0.15, 0.2) is 41.8 Å². The first kappa shape index (κ1) is 22.1. The Hall–Kier alpha value is -1.76. The van der Waals surface area contributed by atoms with Crippen molar-refractivity contribution in [3.8, 4) is 0 Å². The molecule has 6 heteroatoms. The fraction of sp³-hybridized carbons (Fsp3) is 0.692. The third-order valence-electron chi connectivity index (χ3n) is 8.31. The molecule has 3 aliphatic heterocycles. The molecule has 174 valence electrons. The van der Waals surface area contributed by atoms with E-state index in [4.69, 9.17) is 9.47 Å². The van der Waals surface area contributed by atoms with Gasteiger partial charge in [-0.1, -0.05) is 6.07 Å². The number of nitrogens with zero attached hydrogens (tertiary/aromatic N) is 4. The van der Waals surface area contributed by atoms with E-state index in [0.29, 0.717) is 5.41 Å². The van der Waals surface area contributed by atoms with E-state index in [1.54, 1.807) is 0 Å². The van der Waals surface area contributed by atoms with E-state index >= 15 is 0 Å². The van der Waals surface area contributed by atoms with Crippen LogP contribution in [-0.4, -0.2) is 66.2 Å². The van der Waals surface area contributed by atoms with Gasteiger partial charge < -0.3 is 14.4 Å². The van der Waals surface area contributed by atoms with Crippen LogP contribution in [0.5, 0.6) is 0 Å². The summed E-state index contributed by atoms with van der Waals surface area (Å²) in [5, 5.41) is 0. The minimum atomic E-state index is -0.167.